The van der Waals surface area contributed by atoms with Crippen molar-refractivity contribution in [3.63, 3.8) is 0 Å². The average molecular weight is 374 g/mol. The Labute approximate surface area is 156 Å². The Morgan fingerprint density at radius 3 is 2.78 bits per heavy atom. The highest BCUT2D eigenvalue weighted by Gasteiger charge is 2.18. The van der Waals surface area contributed by atoms with Crippen LogP contribution in [0.1, 0.15) is 27.6 Å². The number of aromatic nitrogens is 2. The van der Waals surface area contributed by atoms with Crippen LogP contribution < -0.4 is 11.1 Å². The molecule has 9 nitrogen and oxygen atoms in total. The van der Waals surface area contributed by atoms with Gasteiger partial charge in [-0.3, -0.25) is 4.79 Å². The van der Waals surface area contributed by atoms with Gasteiger partial charge in [0.05, 0.1) is 44.4 Å². The zero-order valence-electron chi connectivity index (χ0n) is 15.0. The molecule has 0 saturated carbocycles. The second-order valence-electron chi connectivity index (χ2n) is 5.90. The van der Waals surface area contributed by atoms with E-state index in [-0.39, 0.29) is 30.0 Å². The highest BCUT2D eigenvalue weighted by molar-refractivity contribution is 5.95. The number of amides is 1. The highest BCUT2D eigenvalue weighted by atomic mass is 16.6. The van der Waals surface area contributed by atoms with Gasteiger partial charge in [-0.2, -0.15) is 5.10 Å². The molecule has 9 heteroatoms. The van der Waals surface area contributed by atoms with Crippen molar-refractivity contribution in [3.05, 3.63) is 41.6 Å². The van der Waals surface area contributed by atoms with E-state index < -0.39 is 5.97 Å². The summed E-state index contributed by atoms with van der Waals surface area (Å²) in [6, 6.07) is 6.73. The Balaban J connectivity index is 1.64. The van der Waals surface area contributed by atoms with Gasteiger partial charge in [0.2, 0.25) is 0 Å². The highest BCUT2D eigenvalue weighted by Crippen LogP contribution is 2.18. The molecule has 1 fully saturated rings. The van der Waals surface area contributed by atoms with E-state index in [4.69, 9.17) is 19.9 Å². The topological polar surface area (TPSA) is 118 Å². The van der Waals surface area contributed by atoms with E-state index in [2.05, 4.69) is 10.4 Å². The zero-order valence-corrected chi connectivity index (χ0v) is 15.0. The van der Waals surface area contributed by atoms with Crippen molar-refractivity contribution in [1.29, 1.82) is 0 Å². The van der Waals surface area contributed by atoms with Crippen molar-refractivity contribution >= 4 is 17.7 Å². The summed E-state index contributed by atoms with van der Waals surface area (Å²) in [5.74, 6) is -0.553. The number of carbonyl (C=O) groups excluding carboxylic acids is 2. The Morgan fingerprint density at radius 1 is 1.33 bits per heavy atom. The molecule has 2 aromatic rings. The van der Waals surface area contributed by atoms with Crippen LogP contribution in [0.25, 0.3) is 5.69 Å². The molecule has 2 heterocycles. The van der Waals surface area contributed by atoms with Crippen molar-refractivity contribution in [1.82, 2.24) is 15.1 Å². The maximum absolute atomic E-state index is 12.3. The molecule has 0 radical (unpaired) electrons. The van der Waals surface area contributed by atoms with Gasteiger partial charge in [0, 0.05) is 12.1 Å². The zero-order chi connectivity index (χ0) is 19.2. The quantitative estimate of drug-likeness (QED) is 0.717. The number of nitrogens with zero attached hydrogens (tertiary/aromatic N) is 2. The van der Waals surface area contributed by atoms with Gasteiger partial charge >= 0.3 is 5.97 Å². The lowest BCUT2D eigenvalue weighted by Gasteiger charge is -2.23. The molecule has 1 atom stereocenters. The molecular formula is C18H22N4O5. The minimum atomic E-state index is -0.522. The van der Waals surface area contributed by atoms with Gasteiger partial charge in [-0.15, -0.1) is 0 Å². The summed E-state index contributed by atoms with van der Waals surface area (Å²) >= 11 is 0. The standard InChI is InChI=1S/C18H22N4O5/c1-2-26-18(24)15-10-21-22(16(15)19)13-5-3-12(4-6-13)17(23)20-9-14-11-25-7-8-27-14/h3-6,10,14H,2,7-9,11,19H2,1H3,(H,20,23)/t14-/m0/s1. The lowest BCUT2D eigenvalue weighted by Crippen LogP contribution is -2.39. The molecule has 0 bridgehead atoms. The molecule has 1 aliphatic heterocycles. The smallest absolute Gasteiger partial charge is 0.343 e. The summed E-state index contributed by atoms with van der Waals surface area (Å²) in [4.78, 5) is 24.1. The van der Waals surface area contributed by atoms with Crippen molar-refractivity contribution in [3.8, 4) is 5.69 Å². The minimum absolute atomic E-state index is 0.132. The predicted molar refractivity (Wildman–Crippen MR) is 96.8 cm³/mol. The van der Waals surface area contributed by atoms with Gasteiger partial charge in [0.1, 0.15) is 11.4 Å². The van der Waals surface area contributed by atoms with Crippen molar-refractivity contribution in [2.75, 3.05) is 38.7 Å². The number of carbonyl (C=O) groups is 2. The molecule has 1 aromatic carbocycles. The van der Waals surface area contributed by atoms with E-state index in [0.29, 0.717) is 37.6 Å². The number of nitrogens with one attached hydrogen (secondary N) is 1. The minimum Gasteiger partial charge on any atom is -0.462 e. The maximum Gasteiger partial charge on any atom is 0.343 e. The summed E-state index contributed by atoms with van der Waals surface area (Å²) in [5.41, 5.74) is 7.31. The van der Waals surface area contributed by atoms with Gasteiger partial charge in [-0.05, 0) is 31.2 Å². The van der Waals surface area contributed by atoms with Crippen molar-refractivity contribution < 1.29 is 23.8 Å². The lowest BCUT2D eigenvalue weighted by molar-refractivity contribution is -0.0855. The number of anilines is 1. The molecule has 1 aliphatic rings. The Bertz CT molecular complexity index is 797. The Hall–Kier alpha value is -2.91. The largest absolute Gasteiger partial charge is 0.462 e. The third kappa shape index (κ3) is 4.44. The Morgan fingerprint density at radius 2 is 2.11 bits per heavy atom. The number of nitrogens with two attached hydrogens (primary N) is 1. The molecule has 0 unspecified atom stereocenters. The van der Waals surface area contributed by atoms with Crippen LogP contribution in [0, 0.1) is 0 Å². The number of hydrogen-bond donors (Lipinski definition) is 2. The fourth-order valence-electron chi connectivity index (χ4n) is 2.65. The lowest BCUT2D eigenvalue weighted by atomic mass is 10.2. The summed E-state index contributed by atoms with van der Waals surface area (Å²) in [7, 11) is 0. The maximum atomic E-state index is 12.3. The van der Waals surface area contributed by atoms with Crippen LogP contribution in [0.2, 0.25) is 0 Å². The summed E-state index contributed by atoms with van der Waals surface area (Å²) in [5, 5.41) is 6.94. The van der Waals surface area contributed by atoms with E-state index in [1.54, 1.807) is 31.2 Å². The van der Waals surface area contributed by atoms with Gasteiger partial charge in [0.25, 0.3) is 5.91 Å². The molecule has 0 spiro atoms. The van der Waals surface area contributed by atoms with Gasteiger partial charge in [-0.1, -0.05) is 0 Å². The van der Waals surface area contributed by atoms with Gasteiger partial charge in [-0.25, -0.2) is 9.48 Å². The number of esters is 1. The fourth-order valence-corrected chi connectivity index (χ4v) is 2.65. The molecular weight excluding hydrogens is 352 g/mol. The number of rotatable bonds is 6. The van der Waals surface area contributed by atoms with E-state index in [9.17, 15) is 9.59 Å². The summed E-state index contributed by atoms with van der Waals surface area (Å²) < 4.78 is 17.1. The monoisotopic (exact) mass is 374 g/mol. The van der Waals surface area contributed by atoms with Crippen LogP contribution in [0.3, 0.4) is 0 Å². The third-order valence-corrected chi connectivity index (χ3v) is 4.05. The van der Waals surface area contributed by atoms with Crippen LogP contribution in [0.5, 0.6) is 0 Å². The van der Waals surface area contributed by atoms with E-state index >= 15 is 0 Å². The van der Waals surface area contributed by atoms with E-state index in [0.717, 1.165) is 0 Å². The Kier molecular flexibility index (Phi) is 6.05. The van der Waals surface area contributed by atoms with E-state index in [1.165, 1.54) is 10.9 Å². The summed E-state index contributed by atoms with van der Waals surface area (Å²) in [6.45, 7) is 3.95. The van der Waals surface area contributed by atoms with Gasteiger partial charge in [0.15, 0.2) is 0 Å². The second-order valence-corrected chi connectivity index (χ2v) is 5.90. The molecule has 3 N–H and O–H groups in total. The molecule has 1 saturated heterocycles. The second kappa shape index (κ2) is 8.65. The normalized spacial score (nSPS) is 16.7. The number of ether oxygens (including phenoxy) is 3. The SMILES string of the molecule is CCOC(=O)c1cnn(-c2ccc(C(=O)NC[C@H]3COCCO3)cc2)c1N. The van der Waals surface area contributed by atoms with E-state index in [1.807, 2.05) is 0 Å². The predicted octanol–water partition coefficient (Wildman–Crippen LogP) is 0.776. The molecule has 1 aromatic heterocycles. The first kappa shape index (κ1) is 18.9. The fraction of sp³-hybridized carbons (Fsp3) is 0.389. The third-order valence-electron chi connectivity index (χ3n) is 4.05. The van der Waals surface area contributed by atoms with Crippen LogP contribution in [0.4, 0.5) is 5.82 Å². The molecule has 3 rings (SSSR count). The van der Waals surface area contributed by atoms with Crippen LogP contribution in [-0.4, -0.2) is 60.7 Å². The van der Waals surface area contributed by atoms with Crippen molar-refractivity contribution in [2.24, 2.45) is 0 Å². The number of nitrogen functional groups attached to an aromatic ring is 1. The molecule has 27 heavy (non-hydrogen) atoms. The van der Waals surface area contributed by atoms with Crippen molar-refractivity contribution in [2.45, 2.75) is 13.0 Å². The van der Waals surface area contributed by atoms with Crippen LogP contribution in [-0.2, 0) is 14.2 Å². The number of hydrogen-bond acceptors (Lipinski definition) is 7. The summed E-state index contributed by atoms with van der Waals surface area (Å²) in [6.07, 6.45) is 1.23. The average Bonchev–Trinajstić information content (AvgIpc) is 3.08. The van der Waals surface area contributed by atoms with Crippen LogP contribution >= 0.6 is 0 Å². The first-order valence-corrected chi connectivity index (χ1v) is 8.68. The molecule has 0 aliphatic carbocycles. The molecule has 144 valence electrons. The van der Waals surface area contributed by atoms with Crippen LogP contribution in [0.15, 0.2) is 30.5 Å². The number of benzene rings is 1. The van der Waals surface area contributed by atoms with Gasteiger partial charge < -0.3 is 25.3 Å². The first-order valence-electron chi connectivity index (χ1n) is 8.68. The molecule has 1 amide bonds. The first-order chi connectivity index (χ1) is 13.1.